The highest BCUT2D eigenvalue weighted by molar-refractivity contribution is 5.94. The first-order valence-electron chi connectivity index (χ1n) is 6.54. The minimum atomic E-state index is -0.262. The van der Waals surface area contributed by atoms with Gasteiger partial charge in [0.25, 0.3) is 0 Å². The van der Waals surface area contributed by atoms with Crippen LogP contribution in [0.3, 0.4) is 0 Å². The molecule has 1 aliphatic rings. The summed E-state index contributed by atoms with van der Waals surface area (Å²) in [5, 5.41) is 6.28. The number of carbonyl (C=O) groups is 2. The van der Waals surface area contributed by atoms with Gasteiger partial charge in [-0.05, 0) is 19.8 Å². The molecule has 0 unspecified atom stereocenters. The Labute approximate surface area is 112 Å². The Bertz CT molecular complexity index is 463. The summed E-state index contributed by atoms with van der Waals surface area (Å²) in [5.74, 6) is 0.896. The molecular formula is C13H19N3O3. The second-order valence-corrected chi connectivity index (χ2v) is 5.05. The smallest absolute Gasteiger partial charge is 0.245 e. The molecule has 1 saturated carbocycles. The molecule has 0 saturated heterocycles. The van der Waals surface area contributed by atoms with Gasteiger partial charge in [-0.3, -0.25) is 9.59 Å². The lowest BCUT2D eigenvalue weighted by atomic mass is 10.1. The third-order valence-electron chi connectivity index (χ3n) is 3.36. The van der Waals surface area contributed by atoms with E-state index in [-0.39, 0.29) is 24.3 Å². The summed E-state index contributed by atoms with van der Waals surface area (Å²) in [6.07, 6.45) is 4.09. The number of carbonyl (C=O) groups excluding carboxylic acids is 2. The molecule has 0 atom stereocenters. The molecule has 0 spiro atoms. The molecule has 104 valence electrons. The summed E-state index contributed by atoms with van der Waals surface area (Å²) in [6.45, 7) is 1.79. The minimum Gasteiger partial charge on any atom is -0.360 e. The van der Waals surface area contributed by atoms with E-state index in [0.717, 1.165) is 25.7 Å². The first-order chi connectivity index (χ1) is 9.06. The van der Waals surface area contributed by atoms with Crippen LogP contribution in [0.4, 0.5) is 5.82 Å². The molecule has 0 radical (unpaired) electrons. The number of aromatic nitrogens is 1. The van der Waals surface area contributed by atoms with Crippen molar-refractivity contribution in [2.75, 3.05) is 18.9 Å². The number of nitrogens with one attached hydrogen (secondary N) is 1. The van der Waals surface area contributed by atoms with E-state index >= 15 is 0 Å². The van der Waals surface area contributed by atoms with E-state index in [2.05, 4.69) is 10.5 Å². The van der Waals surface area contributed by atoms with E-state index in [1.165, 1.54) is 4.90 Å². The second-order valence-electron chi connectivity index (χ2n) is 5.05. The van der Waals surface area contributed by atoms with Crippen LogP contribution in [0.25, 0.3) is 0 Å². The van der Waals surface area contributed by atoms with Gasteiger partial charge >= 0.3 is 0 Å². The third kappa shape index (κ3) is 3.56. The van der Waals surface area contributed by atoms with Gasteiger partial charge in [-0.15, -0.1) is 0 Å². The molecule has 6 nitrogen and oxygen atoms in total. The van der Waals surface area contributed by atoms with E-state index in [4.69, 9.17) is 4.52 Å². The number of nitrogens with zero attached hydrogens (tertiary/aromatic N) is 2. The molecule has 19 heavy (non-hydrogen) atoms. The number of hydrogen-bond acceptors (Lipinski definition) is 4. The fraction of sp³-hybridized carbons (Fsp3) is 0.615. The third-order valence-corrected chi connectivity index (χ3v) is 3.36. The number of amides is 2. The van der Waals surface area contributed by atoms with E-state index < -0.39 is 0 Å². The number of likely N-dealkylation sites (N-methyl/N-ethyl adjacent to an activating group) is 1. The lowest BCUT2D eigenvalue weighted by molar-refractivity contribution is -0.136. The zero-order valence-corrected chi connectivity index (χ0v) is 11.3. The second kappa shape index (κ2) is 5.86. The molecule has 6 heteroatoms. The standard InChI is InChI=1S/C13H19N3O3/c1-9-7-11(15-19-9)14-12(17)8-16(2)13(18)10-5-3-4-6-10/h7,10H,3-6,8H2,1-2H3,(H,14,15,17). The lowest BCUT2D eigenvalue weighted by Gasteiger charge is -2.19. The van der Waals surface area contributed by atoms with Crippen LogP contribution >= 0.6 is 0 Å². The van der Waals surface area contributed by atoms with E-state index in [1.54, 1.807) is 20.0 Å². The Balaban J connectivity index is 1.82. The maximum atomic E-state index is 12.0. The zero-order valence-electron chi connectivity index (χ0n) is 11.3. The molecule has 0 aliphatic heterocycles. The first-order valence-corrected chi connectivity index (χ1v) is 6.54. The summed E-state index contributed by atoms with van der Waals surface area (Å²) in [5.41, 5.74) is 0. The number of rotatable bonds is 4. The number of anilines is 1. The van der Waals surface area contributed by atoms with Crippen LogP contribution in [0, 0.1) is 12.8 Å². The van der Waals surface area contributed by atoms with Crippen LogP contribution in [-0.2, 0) is 9.59 Å². The van der Waals surface area contributed by atoms with Crippen molar-refractivity contribution in [3.63, 3.8) is 0 Å². The number of hydrogen-bond donors (Lipinski definition) is 1. The molecule has 1 aromatic heterocycles. The first kappa shape index (κ1) is 13.6. The summed E-state index contributed by atoms with van der Waals surface area (Å²) in [7, 11) is 1.66. The van der Waals surface area contributed by atoms with Crippen LogP contribution in [-0.4, -0.2) is 35.5 Å². The van der Waals surface area contributed by atoms with Crippen LogP contribution in [0.15, 0.2) is 10.6 Å². The predicted octanol–water partition coefficient (Wildman–Crippen LogP) is 1.57. The van der Waals surface area contributed by atoms with Crippen LogP contribution in [0.5, 0.6) is 0 Å². The molecular weight excluding hydrogens is 246 g/mol. The van der Waals surface area contributed by atoms with Crippen LogP contribution in [0.1, 0.15) is 31.4 Å². The Morgan fingerprint density at radius 3 is 2.74 bits per heavy atom. The Morgan fingerprint density at radius 1 is 1.47 bits per heavy atom. The van der Waals surface area contributed by atoms with Crippen LogP contribution < -0.4 is 5.32 Å². The van der Waals surface area contributed by atoms with Gasteiger partial charge in [0.1, 0.15) is 5.76 Å². The summed E-state index contributed by atoms with van der Waals surface area (Å²) in [4.78, 5) is 25.3. The molecule has 1 fully saturated rings. The van der Waals surface area contributed by atoms with Crippen molar-refractivity contribution in [3.05, 3.63) is 11.8 Å². The van der Waals surface area contributed by atoms with Crippen molar-refractivity contribution in [1.82, 2.24) is 10.1 Å². The normalized spacial score (nSPS) is 15.5. The monoisotopic (exact) mass is 265 g/mol. The molecule has 2 amide bonds. The van der Waals surface area contributed by atoms with Crippen molar-refractivity contribution >= 4 is 17.6 Å². The van der Waals surface area contributed by atoms with Gasteiger partial charge in [0.2, 0.25) is 11.8 Å². The Hall–Kier alpha value is -1.85. The maximum Gasteiger partial charge on any atom is 0.245 e. The molecule has 1 aliphatic carbocycles. The average molecular weight is 265 g/mol. The quantitative estimate of drug-likeness (QED) is 0.896. The molecule has 2 rings (SSSR count). The zero-order chi connectivity index (χ0) is 13.8. The predicted molar refractivity (Wildman–Crippen MR) is 69.5 cm³/mol. The van der Waals surface area contributed by atoms with Gasteiger partial charge in [-0.1, -0.05) is 18.0 Å². The molecule has 1 heterocycles. The molecule has 0 aromatic carbocycles. The molecule has 1 N–H and O–H groups in total. The topological polar surface area (TPSA) is 75.4 Å². The summed E-state index contributed by atoms with van der Waals surface area (Å²) in [6, 6.07) is 1.64. The average Bonchev–Trinajstić information content (AvgIpc) is 2.99. The SMILES string of the molecule is Cc1cc(NC(=O)CN(C)C(=O)C2CCCC2)no1. The highest BCUT2D eigenvalue weighted by Gasteiger charge is 2.26. The van der Waals surface area contributed by atoms with Gasteiger partial charge in [-0.25, -0.2) is 0 Å². The Morgan fingerprint density at radius 2 is 2.16 bits per heavy atom. The highest BCUT2D eigenvalue weighted by Crippen LogP contribution is 2.26. The van der Waals surface area contributed by atoms with Crippen molar-refractivity contribution in [2.45, 2.75) is 32.6 Å². The van der Waals surface area contributed by atoms with Crippen molar-refractivity contribution in [3.8, 4) is 0 Å². The van der Waals surface area contributed by atoms with E-state index in [1.807, 2.05) is 0 Å². The summed E-state index contributed by atoms with van der Waals surface area (Å²) >= 11 is 0. The van der Waals surface area contributed by atoms with Crippen molar-refractivity contribution < 1.29 is 14.1 Å². The van der Waals surface area contributed by atoms with E-state index in [0.29, 0.717) is 11.6 Å². The Kier molecular flexibility index (Phi) is 4.19. The highest BCUT2D eigenvalue weighted by atomic mass is 16.5. The largest absolute Gasteiger partial charge is 0.360 e. The maximum absolute atomic E-state index is 12.0. The molecule has 0 bridgehead atoms. The summed E-state index contributed by atoms with van der Waals surface area (Å²) < 4.78 is 4.85. The van der Waals surface area contributed by atoms with Crippen molar-refractivity contribution in [2.24, 2.45) is 5.92 Å². The van der Waals surface area contributed by atoms with E-state index in [9.17, 15) is 9.59 Å². The minimum absolute atomic E-state index is 0.0429. The fourth-order valence-corrected chi connectivity index (χ4v) is 2.39. The van der Waals surface area contributed by atoms with Gasteiger partial charge in [0.15, 0.2) is 5.82 Å². The molecule has 1 aromatic rings. The van der Waals surface area contributed by atoms with Gasteiger partial charge in [-0.2, -0.15) is 0 Å². The van der Waals surface area contributed by atoms with Gasteiger partial charge in [0, 0.05) is 19.0 Å². The van der Waals surface area contributed by atoms with Gasteiger partial charge < -0.3 is 14.7 Å². The number of aryl methyl sites for hydroxylation is 1. The van der Waals surface area contributed by atoms with Crippen molar-refractivity contribution in [1.29, 1.82) is 0 Å². The van der Waals surface area contributed by atoms with Gasteiger partial charge in [0.05, 0.1) is 6.54 Å². The van der Waals surface area contributed by atoms with Crippen LogP contribution in [0.2, 0.25) is 0 Å². The fourth-order valence-electron chi connectivity index (χ4n) is 2.39. The lowest BCUT2D eigenvalue weighted by Crippen LogP contribution is -2.38.